The van der Waals surface area contributed by atoms with E-state index in [1.165, 1.54) is 11.8 Å². The molecule has 1 aromatic heterocycles. The number of benzene rings is 1. The normalized spacial score (nSPS) is 16.2. The largest absolute Gasteiger partial charge is 0.459 e. The van der Waals surface area contributed by atoms with E-state index in [0.717, 1.165) is 12.1 Å². The minimum Gasteiger partial charge on any atom is -0.459 e. The molecule has 1 N–H and O–H groups in total. The second-order valence-corrected chi connectivity index (χ2v) is 7.08. The van der Waals surface area contributed by atoms with Crippen molar-refractivity contribution in [1.29, 1.82) is 0 Å². The number of carbonyl (C=O) groups is 2. The lowest BCUT2D eigenvalue weighted by Gasteiger charge is -2.36. The minimum absolute atomic E-state index is 0. The summed E-state index contributed by atoms with van der Waals surface area (Å²) >= 11 is 0. The molecule has 0 spiro atoms. The Labute approximate surface area is 192 Å². The molecule has 0 bridgehead atoms. The number of guanidine groups is 1. The van der Waals surface area contributed by atoms with E-state index in [-0.39, 0.29) is 42.3 Å². The number of nitrogens with one attached hydrogen (secondary N) is 1. The van der Waals surface area contributed by atoms with Gasteiger partial charge in [-0.15, -0.1) is 24.0 Å². The maximum Gasteiger partial charge on any atom is 0.289 e. The van der Waals surface area contributed by atoms with Crippen molar-refractivity contribution in [3.63, 3.8) is 0 Å². The van der Waals surface area contributed by atoms with E-state index in [0.29, 0.717) is 44.4 Å². The molecule has 0 radical (unpaired) electrons. The van der Waals surface area contributed by atoms with Crippen molar-refractivity contribution in [3.05, 3.63) is 54.0 Å². The molecule has 1 saturated heterocycles. The summed E-state index contributed by atoms with van der Waals surface area (Å²) < 4.78 is 5.20. The van der Waals surface area contributed by atoms with E-state index in [1.54, 1.807) is 24.1 Å². The monoisotopic (exact) mass is 523 g/mol. The fourth-order valence-electron chi connectivity index (χ4n) is 3.86. The van der Waals surface area contributed by atoms with Crippen LogP contribution >= 0.6 is 24.0 Å². The van der Waals surface area contributed by atoms with Crippen molar-refractivity contribution in [2.24, 2.45) is 4.99 Å². The number of hydrogen-bond donors (Lipinski definition) is 1. The Morgan fingerprint density at radius 1 is 1.03 bits per heavy atom. The number of para-hydroxylation sites is 1. The first kappa shape index (κ1) is 22.1. The zero-order valence-corrected chi connectivity index (χ0v) is 19.2. The SMILES string of the molecule is CN=C(NCC(=O)N1CCc2ccccc21)N1CCN(C(=O)c2ccco2)CC1.I. The van der Waals surface area contributed by atoms with Crippen LogP contribution < -0.4 is 10.2 Å². The number of piperazine rings is 1. The molecule has 4 rings (SSSR count). The molecule has 0 unspecified atom stereocenters. The van der Waals surface area contributed by atoms with Gasteiger partial charge in [0.1, 0.15) is 0 Å². The Balaban J connectivity index is 0.00000256. The number of anilines is 1. The van der Waals surface area contributed by atoms with Gasteiger partial charge in [0.15, 0.2) is 11.7 Å². The van der Waals surface area contributed by atoms with Gasteiger partial charge in [-0.2, -0.15) is 0 Å². The molecule has 1 fully saturated rings. The summed E-state index contributed by atoms with van der Waals surface area (Å²) in [6.45, 7) is 3.35. The van der Waals surface area contributed by atoms with Crippen molar-refractivity contribution in [3.8, 4) is 0 Å². The van der Waals surface area contributed by atoms with Crippen LogP contribution in [0.2, 0.25) is 0 Å². The van der Waals surface area contributed by atoms with Gasteiger partial charge in [-0.1, -0.05) is 18.2 Å². The van der Waals surface area contributed by atoms with Crippen LogP contribution in [0.4, 0.5) is 5.69 Å². The van der Waals surface area contributed by atoms with E-state index < -0.39 is 0 Å². The van der Waals surface area contributed by atoms with Crippen molar-refractivity contribution < 1.29 is 14.0 Å². The first-order chi connectivity index (χ1) is 14.2. The zero-order valence-electron chi connectivity index (χ0n) is 16.9. The van der Waals surface area contributed by atoms with Crippen molar-refractivity contribution in [2.75, 3.05) is 51.2 Å². The molecule has 0 atom stereocenters. The number of rotatable bonds is 3. The van der Waals surface area contributed by atoms with Crippen LogP contribution in [0.1, 0.15) is 16.1 Å². The van der Waals surface area contributed by atoms with Gasteiger partial charge in [-0.3, -0.25) is 14.6 Å². The number of furan rings is 1. The maximum atomic E-state index is 12.7. The number of aliphatic imine (C=N–C) groups is 1. The predicted molar refractivity (Wildman–Crippen MR) is 125 cm³/mol. The van der Waals surface area contributed by atoms with Crippen LogP contribution in [-0.4, -0.2) is 73.9 Å². The Hall–Kier alpha value is -2.56. The average molecular weight is 523 g/mol. The van der Waals surface area contributed by atoms with Crippen molar-refractivity contribution in [2.45, 2.75) is 6.42 Å². The lowest BCUT2D eigenvalue weighted by Crippen LogP contribution is -2.54. The maximum absolute atomic E-state index is 12.7. The second kappa shape index (κ2) is 9.96. The number of hydrogen-bond acceptors (Lipinski definition) is 4. The lowest BCUT2D eigenvalue weighted by atomic mass is 10.2. The molecule has 2 aliphatic heterocycles. The van der Waals surface area contributed by atoms with E-state index in [9.17, 15) is 9.59 Å². The second-order valence-electron chi connectivity index (χ2n) is 7.08. The van der Waals surface area contributed by atoms with Gasteiger partial charge in [0, 0.05) is 45.5 Å². The summed E-state index contributed by atoms with van der Waals surface area (Å²) in [7, 11) is 1.71. The highest BCUT2D eigenvalue weighted by Gasteiger charge is 2.27. The van der Waals surface area contributed by atoms with Gasteiger partial charge in [-0.05, 0) is 30.2 Å². The average Bonchev–Trinajstić information content (AvgIpc) is 3.44. The van der Waals surface area contributed by atoms with Crippen LogP contribution in [0.15, 0.2) is 52.1 Å². The number of halogens is 1. The molecule has 0 aliphatic carbocycles. The molecule has 9 heteroatoms. The summed E-state index contributed by atoms with van der Waals surface area (Å²) in [6.07, 6.45) is 2.40. The molecule has 0 saturated carbocycles. The smallest absolute Gasteiger partial charge is 0.289 e. The summed E-state index contributed by atoms with van der Waals surface area (Å²) in [5, 5.41) is 3.18. The Morgan fingerprint density at radius 2 is 1.77 bits per heavy atom. The topological polar surface area (TPSA) is 81.4 Å². The molecular weight excluding hydrogens is 497 g/mol. The molecule has 8 nitrogen and oxygen atoms in total. The minimum atomic E-state index is -0.0968. The fourth-order valence-corrected chi connectivity index (χ4v) is 3.86. The molecule has 30 heavy (non-hydrogen) atoms. The third-order valence-electron chi connectivity index (χ3n) is 5.40. The first-order valence-corrected chi connectivity index (χ1v) is 9.84. The van der Waals surface area contributed by atoms with Crippen LogP contribution in [0.5, 0.6) is 0 Å². The standard InChI is InChI=1S/C21H25N5O3.HI/c1-22-21(23-15-19(27)26-9-8-16-5-2-3-6-17(16)26)25-12-10-24(11-13-25)20(28)18-7-4-14-29-18;/h2-7,14H,8-13,15H2,1H3,(H,22,23);1H. The van der Waals surface area contributed by atoms with Crippen LogP contribution in [0.25, 0.3) is 0 Å². The molecule has 2 amide bonds. The Bertz CT molecular complexity index is 907. The Morgan fingerprint density at radius 3 is 2.47 bits per heavy atom. The number of carbonyl (C=O) groups excluding carboxylic acids is 2. The third-order valence-corrected chi connectivity index (χ3v) is 5.40. The number of nitrogens with zero attached hydrogens (tertiary/aromatic N) is 4. The van der Waals surface area contributed by atoms with Crippen molar-refractivity contribution >= 4 is 47.4 Å². The van der Waals surface area contributed by atoms with Crippen LogP contribution in [-0.2, 0) is 11.2 Å². The van der Waals surface area contributed by atoms with Crippen LogP contribution in [0, 0.1) is 0 Å². The highest BCUT2D eigenvalue weighted by Crippen LogP contribution is 2.27. The zero-order chi connectivity index (χ0) is 20.2. The summed E-state index contributed by atoms with van der Waals surface area (Å²) in [4.78, 5) is 35.1. The molecule has 3 heterocycles. The van der Waals surface area contributed by atoms with Gasteiger partial charge in [0.2, 0.25) is 5.91 Å². The van der Waals surface area contributed by atoms with E-state index >= 15 is 0 Å². The summed E-state index contributed by atoms with van der Waals surface area (Å²) in [5.41, 5.74) is 2.21. The van der Waals surface area contributed by atoms with Crippen LogP contribution in [0.3, 0.4) is 0 Å². The predicted octanol–water partition coefficient (Wildman–Crippen LogP) is 1.82. The fraction of sp³-hybridized carbons (Fsp3) is 0.381. The van der Waals surface area contributed by atoms with Gasteiger partial charge in [-0.25, -0.2) is 0 Å². The highest BCUT2D eigenvalue weighted by atomic mass is 127. The molecule has 2 aromatic rings. The van der Waals surface area contributed by atoms with E-state index in [4.69, 9.17) is 4.42 Å². The molecule has 1 aromatic carbocycles. The highest BCUT2D eigenvalue weighted by molar-refractivity contribution is 14.0. The first-order valence-electron chi connectivity index (χ1n) is 9.84. The van der Waals surface area contributed by atoms with Gasteiger partial charge in [0.05, 0.1) is 12.8 Å². The number of fused-ring (bicyclic) bond motifs is 1. The molecular formula is C21H26IN5O3. The van der Waals surface area contributed by atoms with E-state index in [2.05, 4.69) is 21.3 Å². The van der Waals surface area contributed by atoms with Gasteiger partial charge >= 0.3 is 0 Å². The lowest BCUT2D eigenvalue weighted by molar-refractivity contribution is -0.117. The number of amides is 2. The summed E-state index contributed by atoms with van der Waals surface area (Å²) in [6, 6.07) is 11.4. The van der Waals surface area contributed by atoms with Crippen molar-refractivity contribution in [1.82, 2.24) is 15.1 Å². The molecule has 160 valence electrons. The Kier molecular flexibility index (Phi) is 7.35. The molecule has 2 aliphatic rings. The quantitative estimate of drug-likeness (QED) is 0.377. The van der Waals surface area contributed by atoms with E-state index in [1.807, 2.05) is 23.1 Å². The summed E-state index contributed by atoms with van der Waals surface area (Å²) in [5.74, 6) is 0.969. The van der Waals surface area contributed by atoms with Gasteiger partial charge in [0.25, 0.3) is 5.91 Å². The third kappa shape index (κ3) is 4.61. The van der Waals surface area contributed by atoms with Gasteiger partial charge < -0.3 is 24.4 Å².